The Kier molecular flexibility index (Phi) is 9.31. The van der Waals surface area contributed by atoms with E-state index in [1.165, 1.54) is 24.3 Å². The fourth-order valence-electron chi connectivity index (χ4n) is 6.89. The summed E-state index contributed by atoms with van der Waals surface area (Å²) in [6.45, 7) is 0. The van der Waals surface area contributed by atoms with Gasteiger partial charge in [0.1, 0.15) is 35.1 Å². The summed E-state index contributed by atoms with van der Waals surface area (Å²) in [5, 5.41) is 6.08. The molecule has 9 heteroatoms. The van der Waals surface area contributed by atoms with E-state index in [1.54, 1.807) is 0 Å². The van der Waals surface area contributed by atoms with Gasteiger partial charge in [-0.05, 0) is 106 Å². The molecule has 0 spiro atoms. The van der Waals surface area contributed by atoms with Crippen LogP contribution in [0.25, 0.3) is 10.8 Å². The minimum absolute atomic E-state index is 0.225. The highest BCUT2D eigenvalue weighted by Gasteiger charge is 2.42. The van der Waals surface area contributed by atoms with Crippen molar-refractivity contribution in [3.63, 3.8) is 0 Å². The smallest absolute Gasteiger partial charge is 0.137 e. The highest BCUT2D eigenvalue weighted by Crippen LogP contribution is 2.48. The van der Waals surface area contributed by atoms with E-state index in [-0.39, 0.29) is 11.1 Å². The summed E-state index contributed by atoms with van der Waals surface area (Å²) in [4.78, 5) is 7.19. The third kappa shape index (κ3) is 6.70. The first kappa shape index (κ1) is 34.1. The van der Waals surface area contributed by atoms with Crippen LogP contribution in [-0.2, 0) is 0 Å². The van der Waals surface area contributed by atoms with Gasteiger partial charge < -0.3 is 4.90 Å². The standard InChI is InChI=1S/C43H27Cl2F4N2P/c44-30-10-15-37(16-11-30)52(38-17-12-31(45)13-18-38)40-8-4-3-7-39(40)43-50-41(28-19-32(46)24-33(47)20-28)42(29-21-34(48)25-35(49)22-29)51(43)36-14-9-26-5-1-2-6-27(26)23-36/h1-25,41-42H/t41-,42-/m1/s1. The Labute approximate surface area is 309 Å². The number of benzene rings is 7. The van der Waals surface area contributed by atoms with Crippen molar-refractivity contribution >= 4 is 69.3 Å². The first-order chi connectivity index (χ1) is 25.2. The Balaban J connectivity index is 1.41. The highest BCUT2D eigenvalue weighted by molar-refractivity contribution is 7.80. The number of halogens is 6. The summed E-state index contributed by atoms with van der Waals surface area (Å²) in [5.74, 6) is -2.64. The predicted molar refractivity (Wildman–Crippen MR) is 206 cm³/mol. The number of anilines is 1. The summed E-state index contributed by atoms with van der Waals surface area (Å²) in [5.41, 5.74) is 1.91. The first-order valence-corrected chi connectivity index (χ1v) is 18.5. The Morgan fingerprint density at radius 2 is 1.04 bits per heavy atom. The van der Waals surface area contributed by atoms with Gasteiger partial charge in [0, 0.05) is 33.4 Å². The van der Waals surface area contributed by atoms with Gasteiger partial charge in [-0.15, -0.1) is 0 Å². The molecule has 0 saturated heterocycles. The van der Waals surface area contributed by atoms with E-state index in [1.807, 2.05) is 120 Å². The van der Waals surface area contributed by atoms with Gasteiger partial charge in [-0.2, -0.15) is 0 Å². The van der Waals surface area contributed by atoms with Crippen molar-refractivity contribution in [3.05, 3.63) is 202 Å². The molecule has 0 bridgehead atoms. The lowest BCUT2D eigenvalue weighted by Gasteiger charge is -2.33. The molecule has 0 fully saturated rings. The number of rotatable bonds is 7. The molecule has 7 aromatic carbocycles. The number of fused-ring (bicyclic) bond motifs is 1. The molecular formula is C43H27Cl2F4N2P. The van der Waals surface area contributed by atoms with Gasteiger partial charge in [-0.3, -0.25) is 4.99 Å². The lowest BCUT2D eigenvalue weighted by Crippen LogP contribution is -2.36. The maximum absolute atomic E-state index is 15.1. The first-order valence-electron chi connectivity index (χ1n) is 16.4. The number of amidine groups is 1. The van der Waals surface area contributed by atoms with E-state index in [2.05, 4.69) is 0 Å². The van der Waals surface area contributed by atoms with E-state index in [0.717, 1.165) is 44.4 Å². The molecule has 1 aliphatic heterocycles. The van der Waals surface area contributed by atoms with Crippen molar-refractivity contribution < 1.29 is 17.6 Å². The summed E-state index contributed by atoms with van der Waals surface area (Å²) in [7, 11) is -1.25. The molecule has 1 heterocycles. The minimum atomic E-state index is -1.25. The molecule has 256 valence electrons. The van der Waals surface area contributed by atoms with E-state index >= 15 is 8.78 Å². The zero-order chi connectivity index (χ0) is 35.9. The van der Waals surface area contributed by atoms with Crippen LogP contribution in [0.1, 0.15) is 28.8 Å². The molecule has 1 aliphatic rings. The zero-order valence-electron chi connectivity index (χ0n) is 27.2. The number of nitrogens with zero attached hydrogens (tertiary/aromatic N) is 2. The molecule has 0 amide bonds. The van der Waals surface area contributed by atoms with Crippen molar-refractivity contribution in [2.45, 2.75) is 12.1 Å². The van der Waals surface area contributed by atoms with Crippen molar-refractivity contribution in [2.75, 3.05) is 4.90 Å². The van der Waals surface area contributed by atoms with Crippen molar-refractivity contribution in [1.29, 1.82) is 0 Å². The van der Waals surface area contributed by atoms with Crippen molar-refractivity contribution in [2.24, 2.45) is 4.99 Å². The van der Waals surface area contributed by atoms with Gasteiger partial charge in [0.15, 0.2) is 0 Å². The summed E-state index contributed by atoms with van der Waals surface area (Å²) >= 11 is 12.7. The van der Waals surface area contributed by atoms with Crippen LogP contribution >= 0.6 is 31.1 Å². The Hall–Kier alpha value is -5.00. The number of aliphatic imine (C=N–C) groups is 1. The molecule has 0 N–H and O–H groups in total. The van der Waals surface area contributed by atoms with Crippen LogP contribution in [0.5, 0.6) is 0 Å². The van der Waals surface area contributed by atoms with Crippen LogP contribution in [-0.4, -0.2) is 5.84 Å². The number of hydrogen-bond acceptors (Lipinski definition) is 2. The summed E-state index contributed by atoms with van der Waals surface area (Å²) in [6.07, 6.45) is 0. The average Bonchev–Trinajstić information content (AvgIpc) is 3.53. The van der Waals surface area contributed by atoms with Crippen LogP contribution in [0.3, 0.4) is 0 Å². The van der Waals surface area contributed by atoms with E-state index in [4.69, 9.17) is 28.2 Å². The van der Waals surface area contributed by atoms with E-state index < -0.39 is 43.3 Å². The van der Waals surface area contributed by atoms with Gasteiger partial charge in [0.2, 0.25) is 0 Å². The van der Waals surface area contributed by atoms with Crippen LogP contribution in [0.2, 0.25) is 10.0 Å². The maximum Gasteiger partial charge on any atom is 0.137 e. The second kappa shape index (κ2) is 14.2. The molecule has 0 unspecified atom stereocenters. The summed E-state index contributed by atoms with van der Waals surface area (Å²) < 4.78 is 60.0. The van der Waals surface area contributed by atoms with Crippen LogP contribution < -0.4 is 20.8 Å². The van der Waals surface area contributed by atoms with Crippen molar-refractivity contribution in [3.8, 4) is 0 Å². The quantitative estimate of drug-likeness (QED) is 0.117. The van der Waals surface area contributed by atoms with Crippen LogP contribution in [0.4, 0.5) is 23.2 Å². The molecule has 52 heavy (non-hydrogen) atoms. The largest absolute Gasteiger partial charge is 0.316 e. The predicted octanol–water partition coefficient (Wildman–Crippen LogP) is 11.2. The SMILES string of the molecule is Fc1cc(F)cc([C@H]2N=C(c3ccccc3P(c3ccc(Cl)cc3)c3ccc(Cl)cc3)N(c3ccc4ccccc4c3)[C@@H]2c2cc(F)cc(F)c2)c1. The topological polar surface area (TPSA) is 15.6 Å². The fraction of sp³-hybridized carbons (Fsp3) is 0.0465. The fourth-order valence-corrected chi connectivity index (χ4v) is 9.54. The zero-order valence-corrected chi connectivity index (χ0v) is 29.6. The lowest BCUT2D eigenvalue weighted by molar-refractivity contribution is 0.547. The Morgan fingerprint density at radius 1 is 0.519 bits per heavy atom. The van der Waals surface area contributed by atoms with Crippen LogP contribution in [0, 0.1) is 23.3 Å². The third-order valence-electron chi connectivity index (χ3n) is 9.09. The monoisotopic (exact) mass is 748 g/mol. The Bertz CT molecular complexity index is 2390. The van der Waals surface area contributed by atoms with E-state index in [0.29, 0.717) is 21.6 Å². The van der Waals surface area contributed by atoms with Gasteiger partial charge in [0.05, 0.1) is 6.04 Å². The number of hydrogen-bond donors (Lipinski definition) is 0. The molecule has 0 aliphatic carbocycles. The molecule has 2 atom stereocenters. The Morgan fingerprint density at radius 3 is 1.63 bits per heavy atom. The third-order valence-corrected chi connectivity index (χ3v) is 12.1. The molecule has 0 radical (unpaired) electrons. The highest BCUT2D eigenvalue weighted by atomic mass is 35.5. The molecule has 0 saturated carbocycles. The average molecular weight is 750 g/mol. The molecular weight excluding hydrogens is 722 g/mol. The van der Waals surface area contributed by atoms with Crippen molar-refractivity contribution in [1.82, 2.24) is 0 Å². The second-order valence-corrected chi connectivity index (χ2v) is 15.5. The van der Waals surface area contributed by atoms with Gasteiger partial charge in [-0.1, -0.05) is 102 Å². The molecule has 7 aromatic rings. The summed E-state index contributed by atoms with van der Waals surface area (Å²) in [6, 6.07) is 41.7. The van der Waals surface area contributed by atoms with Crippen LogP contribution in [0.15, 0.2) is 157 Å². The maximum atomic E-state index is 15.1. The van der Waals surface area contributed by atoms with Gasteiger partial charge in [0.25, 0.3) is 0 Å². The molecule has 0 aromatic heterocycles. The molecule has 2 nitrogen and oxygen atoms in total. The lowest BCUT2D eigenvalue weighted by atomic mass is 9.92. The van der Waals surface area contributed by atoms with Gasteiger partial charge in [-0.25, -0.2) is 17.6 Å². The van der Waals surface area contributed by atoms with Gasteiger partial charge >= 0.3 is 0 Å². The second-order valence-electron chi connectivity index (χ2n) is 12.5. The molecule has 8 rings (SSSR count). The minimum Gasteiger partial charge on any atom is -0.316 e. The normalized spacial score (nSPS) is 15.8. The van der Waals surface area contributed by atoms with E-state index in [9.17, 15) is 8.78 Å².